The van der Waals surface area contributed by atoms with E-state index in [1.54, 1.807) is 56.3 Å². The number of nitrogens with one attached hydrogen (secondary N) is 2. The molecule has 14 nitrogen and oxygen atoms in total. The van der Waals surface area contributed by atoms with Crippen LogP contribution in [0.1, 0.15) is 89.3 Å². The van der Waals surface area contributed by atoms with E-state index in [1.807, 2.05) is 38.4 Å². The number of methoxy groups -OCH3 is 1. The van der Waals surface area contributed by atoms with Crippen LogP contribution < -0.4 is 15.6 Å². The molecule has 3 heterocycles. The Labute approximate surface area is 474 Å². The number of carbonyl (C=O) groups is 1. The number of hydrogen-bond acceptors (Lipinski definition) is 11. The molecule has 85 heavy (non-hydrogen) atoms. The fourth-order valence-corrected chi connectivity index (χ4v) is 10.8. The fraction of sp³-hybridized carbons (Fsp3) is 0.528. The van der Waals surface area contributed by atoms with Crippen molar-refractivity contribution >= 4 is 31.5 Å². The maximum Gasteiger partial charge on any atom is 0.460 e. The van der Waals surface area contributed by atoms with Gasteiger partial charge in [-0.15, -0.1) is 0 Å². The minimum absolute atomic E-state index is 0.0303. The van der Waals surface area contributed by atoms with Gasteiger partial charge in [0, 0.05) is 30.8 Å². The number of fused-ring (bicyclic) bond motifs is 1. The van der Waals surface area contributed by atoms with Gasteiger partial charge in [0.2, 0.25) is 11.9 Å². The number of benzene rings is 3. The lowest BCUT2D eigenvalue weighted by molar-refractivity contribution is -0.461. The summed E-state index contributed by atoms with van der Waals surface area (Å²) in [5.41, 5.74) is -2.60. The van der Waals surface area contributed by atoms with Gasteiger partial charge in [-0.05, 0) is 68.5 Å². The predicted molar refractivity (Wildman–Crippen MR) is 271 cm³/mol. The molecule has 3 aromatic carbocycles. The maximum absolute atomic E-state index is 15.2. The molecule has 0 radical (unpaired) electrons. The van der Waals surface area contributed by atoms with Crippen molar-refractivity contribution in [2.75, 3.05) is 25.6 Å². The molecule has 0 aliphatic carbocycles. The lowest BCUT2D eigenvalue weighted by Gasteiger charge is -2.42. The van der Waals surface area contributed by atoms with Crippen molar-refractivity contribution in [1.29, 1.82) is 5.26 Å². The first-order valence-corrected chi connectivity index (χ1v) is 26.8. The van der Waals surface area contributed by atoms with Gasteiger partial charge in [0.15, 0.2) is 11.2 Å². The zero-order valence-corrected chi connectivity index (χ0v) is 46.7. The molecule has 1 fully saturated rings. The summed E-state index contributed by atoms with van der Waals surface area (Å²) in [4.78, 5) is 37.1. The van der Waals surface area contributed by atoms with Crippen LogP contribution in [0.25, 0.3) is 11.2 Å². The van der Waals surface area contributed by atoms with Crippen molar-refractivity contribution in [2.45, 2.75) is 151 Å². The second kappa shape index (κ2) is 25.3. The molecule has 0 bridgehead atoms. The number of H-pyrrole nitrogens is 1. The number of ether oxygens (including phenoxy) is 3. The summed E-state index contributed by atoms with van der Waals surface area (Å²) in [6.45, 7) is 10.2. The third-order valence-corrected chi connectivity index (χ3v) is 15.7. The first-order chi connectivity index (χ1) is 39.3. The number of alkyl halides is 17. The van der Waals surface area contributed by atoms with Crippen LogP contribution in [-0.2, 0) is 35.3 Å². The predicted octanol–water partition coefficient (Wildman–Crippen LogP) is 13.6. The van der Waals surface area contributed by atoms with Crippen molar-refractivity contribution in [3.63, 3.8) is 0 Å². The van der Waals surface area contributed by atoms with Gasteiger partial charge in [-0.25, -0.2) is 9.65 Å². The number of anilines is 1. The molecule has 1 aliphatic rings. The van der Waals surface area contributed by atoms with E-state index in [2.05, 4.69) is 20.3 Å². The quantitative estimate of drug-likeness (QED) is 0.0222. The number of aromatic nitrogens is 4. The summed E-state index contributed by atoms with van der Waals surface area (Å²) < 4.78 is 275. The number of carbonyl (C=O) groups excluding carboxylic acids is 1. The molecule has 1 amide bonds. The molecular weight excluding hydrogens is 1200 g/mol. The zero-order valence-electron chi connectivity index (χ0n) is 45.8. The van der Waals surface area contributed by atoms with Crippen molar-refractivity contribution in [1.82, 2.24) is 24.2 Å². The molecule has 468 valence electrons. The molecule has 1 aliphatic heterocycles. The Kier molecular flexibility index (Phi) is 20.2. The number of amides is 1. The van der Waals surface area contributed by atoms with E-state index < -0.39 is 123 Å². The van der Waals surface area contributed by atoms with Gasteiger partial charge in [0.1, 0.15) is 23.7 Å². The summed E-state index contributed by atoms with van der Waals surface area (Å²) in [5, 5.41) is 12.0. The zero-order chi connectivity index (χ0) is 63.7. The minimum atomic E-state index is -8.75. The fourth-order valence-electron chi connectivity index (χ4n) is 9.02. The second-order valence-electron chi connectivity index (χ2n) is 20.4. The number of aryl methyl sites for hydroxylation is 1. The molecule has 2 aromatic heterocycles. The molecule has 5 atom stereocenters. The Bertz CT molecular complexity index is 3170. The van der Waals surface area contributed by atoms with Gasteiger partial charge >= 0.3 is 47.6 Å². The second-order valence-corrected chi connectivity index (χ2v) is 21.8. The van der Waals surface area contributed by atoms with Gasteiger partial charge in [0.25, 0.3) is 14.1 Å². The highest BCUT2D eigenvalue weighted by atomic mass is 31.2. The summed E-state index contributed by atoms with van der Waals surface area (Å²) in [5.74, 6) is -58.1. The van der Waals surface area contributed by atoms with Gasteiger partial charge in [-0.1, -0.05) is 80.6 Å². The van der Waals surface area contributed by atoms with Gasteiger partial charge in [-0.3, -0.25) is 24.5 Å². The molecule has 5 aromatic rings. The summed E-state index contributed by atoms with van der Waals surface area (Å²) >= 11 is 0. The molecule has 0 saturated carbocycles. The topological polar surface area (TPSA) is 166 Å². The van der Waals surface area contributed by atoms with Crippen LogP contribution in [0.5, 0.6) is 5.75 Å². The average molecular weight is 1260 g/mol. The Morgan fingerprint density at radius 1 is 0.776 bits per heavy atom. The monoisotopic (exact) mass is 1260 g/mol. The normalized spacial score (nSPS) is 18.1. The molecule has 1 saturated heterocycles. The van der Waals surface area contributed by atoms with Gasteiger partial charge < -0.3 is 23.3 Å². The minimum Gasteiger partial charge on any atom is -0.497 e. The third-order valence-electron chi connectivity index (χ3n) is 13.6. The maximum atomic E-state index is 15.2. The first-order valence-electron chi connectivity index (χ1n) is 25.6. The number of aromatic amines is 1. The van der Waals surface area contributed by atoms with Crippen LogP contribution in [0.4, 0.5) is 80.6 Å². The van der Waals surface area contributed by atoms with Crippen LogP contribution in [0, 0.1) is 17.2 Å². The summed E-state index contributed by atoms with van der Waals surface area (Å²) in [6.07, 6.45) is -14.1. The average Bonchev–Trinajstić information content (AvgIpc) is 2.11. The number of hydrogen-bond donors (Lipinski definition) is 2. The Hall–Kier alpha value is -6.19. The largest absolute Gasteiger partial charge is 0.497 e. The van der Waals surface area contributed by atoms with Crippen LogP contribution in [-0.4, -0.2) is 122 Å². The van der Waals surface area contributed by atoms with Crippen molar-refractivity contribution in [3.8, 4) is 11.8 Å². The number of imidazole rings is 1. The highest BCUT2D eigenvalue weighted by Gasteiger charge is 2.95. The Balaban J connectivity index is 1.41. The Morgan fingerprint density at radius 3 is 1.82 bits per heavy atom. The SMILES string of the molecule is COc1ccc(C(OC[C@H]2OC(n3cnc4c(=O)[nH]c(NC(=O)C(C)C)nc43)C[C@@H]2OP(OCCC#N)N(C(C)C)C(C)C)(c2ccccc2)c2ccc(CCC(F)(F)C(F)(F)C(F)(F)C(F)(F)C(F)(F)C(F)(F)C(F)(F)C(F)(F)F)cc2)cc1. The Morgan fingerprint density at radius 2 is 1.31 bits per heavy atom. The van der Waals surface area contributed by atoms with Crippen LogP contribution in [0.2, 0.25) is 0 Å². The van der Waals surface area contributed by atoms with Crippen molar-refractivity contribution in [3.05, 3.63) is 118 Å². The first kappa shape index (κ1) is 67.9. The molecule has 0 spiro atoms. The van der Waals surface area contributed by atoms with Gasteiger partial charge in [-0.2, -0.15) is 84.9 Å². The van der Waals surface area contributed by atoms with E-state index in [9.17, 15) is 80.7 Å². The van der Waals surface area contributed by atoms with E-state index in [-0.39, 0.29) is 59.8 Å². The third kappa shape index (κ3) is 12.8. The smallest absolute Gasteiger partial charge is 0.460 e. The molecule has 3 unspecified atom stereocenters. The number of halogens is 17. The molecule has 2 N–H and O–H groups in total. The van der Waals surface area contributed by atoms with Gasteiger partial charge in [0.05, 0.1) is 45.2 Å². The number of nitrogens with zero attached hydrogens (tertiary/aromatic N) is 5. The highest BCUT2D eigenvalue weighted by molar-refractivity contribution is 7.44. The van der Waals surface area contributed by atoms with E-state index >= 15 is 8.78 Å². The van der Waals surface area contributed by atoms with Crippen molar-refractivity contribution in [2.24, 2.45) is 5.92 Å². The van der Waals surface area contributed by atoms with E-state index in [1.165, 1.54) is 42.3 Å². The molecule has 6 rings (SSSR count). The highest BCUT2D eigenvalue weighted by Crippen LogP contribution is 2.64. The lowest BCUT2D eigenvalue weighted by atomic mass is 9.79. The lowest BCUT2D eigenvalue weighted by Crippen LogP contribution is -2.74. The summed E-state index contributed by atoms with van der Waals surface area (Å²) in [7, 11) is -0.678. The molecular formula is C53H55F17N7O7P. The number of rotatable bonds is 27. The standard InChI is InChI=1S/C53H55F17N7O7P/c1-29(2)42(78)74-44-73-41-40(43(79)75-44)72-28-76(41)39-26-37(84-85(82-25-11-24-71)77(30(3)4)31(5)6)38(83-39)27-81-46(33-12-9-8-10-13-33,35-18-20-36(80-7)21-19-35)34-16-14-32(15-17-34)22-23-45(54,55)47(56,57)48(58,59)49(60,61)50(62,63)51(64,65)52(66,67)53(68,69)70/h8-10,12-21,28-31,37-39H,11,22-23,25-27H2,1-7H3,(H2,73,74,75,78,79)/t37-,38+,39?,46?,85?/m0/s1. The van der Waals surface area contributed by atoms with E-state index in [4.69, 9.17) is 23.3 Å². The van der Waals surface area contributed by atoms with Crippen LogP contribution in [0.15, 0.2) is 90.0 Å². The molecule has 32 heteroatoms. The van der Waals surface area contributed by atoms with E-state index in [0.717, 1.165) is 12.1 Å². The van der Waals surface area contributed by atoms with Crippen molar-refractivity contribution < 1.29 is 103 Å². The number of nitriles is 1. The van der Waals surface area contributed by atoms with E-state index in [0.29, 0.717) is 11.3 Å². The van der Waals surface area contributed by atoms with Crippen LogP contribution in [0.3, 0.4) is 0 Å². The van der Waals surface area contributed by atoms with Crippen LogP contribution >= 0.6 is 8.53 Å². The summed E-state index contributed by atoms with van der Waals surface area (Å²) in [6, 6.07) is 20.0.